The van der Waals surface area contributed by atoms with E-state index in [-0.39, 0.29) is 17.4 Å². The minimum Gasteiger partial charge on any atom is -0.504 e. The molecule has 0 bridgehead atoms. The van der Waals surface area contributed by atoms with Crippen molar-refractivity contribution in [2.24, 2.45) is 0 Å². The van der Waals surface area contributed by atoms with Crippen LogP contribution in [0, 0.1) is 0 Å². The molecule has 1 aromatic carbocycles. The van der Waals surface area contributed by atoms with Crippen LogP contribution >= 0.6 is 11.6 Å². The number of hydrogen-bond acceptors (Lipinski definition) is 4. The normalized spacial score (nSPS) is 15.1. The Morgan fingerprint density at radius 2 is 1.79 bits per heavy atom. The Hall–Kier alpha value is -0.970. The lowest BCUT2D eigenvalue weighted by Crippen LogP contribution is -2.19. The number of alkyl halides is 1. The first-order valence-corrected chi connectivity index (χ1v) is 4.53. The molecule has 0 amide bonds. The maximum Gasteiger partial charge on any atom is 0.157 e. The summed E-state index contributed by atoms with van der Waals surface area (Å²) in [6.07, 6.45) is -2.26. The van der Waals surface area contributed by atoms with Gasteiger partial charge in [-0.1, -0.05) is 6.07 Å². The van der Waals surface area contributed by atoms with Crippen LogP contribution < -0.4 is 0 Å². The average molecular weight is 219 g/mol. The van der Waals surface area contributed by atoms with Crippen LogP contribution in [0.15, 0.2) is 18.2 Å². The van der Waals surface area contributed by atoms with Gasteiger partial charge in [0.05, 0.1) is 12.0 Å². The molecule has 0 spiro atoms. The Balaban J connectivity index is 2.91. The summed E-state index contributed by atoms with van der Waals surface area (Å²) in [6.45, 7) is 0. The highest BCUT2D eigenvalue weighted by molar-refractivity contribution is 6.18. The summed E-state index contributed by atoms with van der Waals surface area (Å²) in [6, 6.07) is 3.81. The molecular formula is C9H11ClO4. The molecule has 0 saturated heterocycles. The summed E-state index contributed by atoms with van der Waals surface area (Å²) in [4.78, 5) is 0. The van der Waals surface area contributed by atoms with E-state index in [4.69, 9.17) is 21.8 Å². The van der Waals surface area contributed by atoms with Gasteiger partial charge in [0.1, 0.15) is 6.10 Å². The second-order valence-electron chi connectivity index (χ2n) is 2.91. The van der Waals surface area contributed by atoms with E-state index in [0.29, 0.717) is 5.56 Å². The van der Waals surface area contributed by atoms with Crippen molar-refractivity contribution in [1.29, 1.82) is 0 Å². The molecule has 0 radical (unpaired) electrons. The molecule has 1 aromatic rings. The summed E-state index contributed by atoms with van der Waals surface area (Å²) in [5.41, 5.74) is 0.299. The Morgan fingerprint density at radius 3 is 2.29 bits per heavy atom. The summed E-state index contributed by atoms with van der Waals surface area (Å²) in [7, 11) is 0. The van der Waals surface area contributed by atoms with Crippen molar-refractivity contribution in [3.05, 3.63) is 23.8 Å². The van der Waals surface area contributed by atoms with Gasteiger partial charge in [-0.2, -0.15) is 0 Å². The summed E-state index contributed by atoms with van der Waals surface area (Å²) in [5, 5.41) is 36.8. The molecule has 4 nitrogen and oxygen atoms in total. The minimum absolute atomic E-state index is 0.108. The fraction of sp³-hybridized carbons (Fsp3) is 0.333. The maximum atomic E-state index is 9.48. The van der Waals surface area contributed by atoms with Gasteiger partial charge >= 0.3 is 0 Å². The van der Waals surface area contributed by atoms with Crippen molar-refractivity contribution < 1.29 is 20.4 Å². The molecule has 14 heavy (non-hydrogen) atoms. The average Bonchev–Trinajstić information content (AvgIpc) is 2.20. The van der Waals surface area contributed by atoms with Crippen LogP contribution in [0.4, 0.5) is 0 Å². The van der Waals surface area contributed by atoms with Crippen LogP contribution in [-0.4, -0.2) is 32.4 Å². The molecule has 78 valence electrons. The van der Waals surface area contributed by atoms with Gasteiger partial charge in [0, 0.05) is 0 Å². The van der Waals surface area contributed by atoms with E-state index in [0.717, 1.165) is 0 Å². The highest BCUT2D eigenvalue weighted by Crippen LogP contribution is 2.28. The zero-order valence-electron chi connectivity index (χ0n) is 7.26. The van der Waals surface area contributed by atoms with Crippen LogP contribution in [0.25, 0.3) is 0 Å². The topological polar surface area (TPSA) is 80.9 Å². The monoisotopic (exact) mass is 218 g/mol. The van der Waals surface area contributed by atoms with Gasteiger partial charge in [-0.3, -0.25) is 0 Å². The lowest BCUT2D eigenvalue weighted by molar-refractivity contribution is 0.0326. The van der Waals surface area contributed by atoms with Gasteiger partial charge in [0.2, 0.25) is 0 Å². The summed E-state index contributed by atoms with van der Waals surface area (Å²) in [5.74, 6) is -0.729. The molecular weight excluding hydrogens is 208 g/mol. The van der Waals surface area contributed by atoms with Crippen LogP contribution in [0.2, 0.25) is 0 Å². The number of phenols is 2. The van der Waals surface area contributed by atoms with E-state index < -0.39 is 12.2 Å². The third-order valence-corrected chi connectivity index (χ3v) is 2.18. The van der Waals surface area contributed by atoms with Crippen LogP contribution in [0.3, 0.4) is 0 Å². The number of phenolic OH excluding ortho intramolecular Hbond substituents is 2. The maximum absolute atomic E-state index is 9.48. The number of rotatable bonds is 3. The van der Waals surface area contributed by atoms with E-state index in [1.165, 1.54) is 18.2 Å². The zero-order valence-corrected chi connectivity index (χ0v) is 8.02. The van der Waals surface area contributed by atoms with Gasteiger partial charge in [-0.15, -0.1) is 11.6 Å². The number of halogens is 1. The molecule has 2 unspecified atom stereocenters. The van der Waals surface area contributed by atoms with E-state index in [9.17, 15) is 10.2 Å². The van der Waals surface area contributed by atoms with E-state index in [1.54, 1.807) is 0 Å². The van der Waals surface area contributed by atoms with E-state index in [2.05, 4.69) is 0 Å². The molecule has 0 aliphatic rings. The Morgan fingerprint density at radius 1 is 1.14 bits per heavy atom. The summed E-state index contributed by atoms with van der Waals surface area (Å²) < 4.78 is 0. The van der Waals surface area contributed by atoms with E-state index in [1.807, 2.05) is 0 Å². The molecule has 0 heterocycles. The smallest absolute Gasteiger partial charge is 0.157 e. The first-order valence-electron chi connectivity index (χ1n) is 4.00. The minimum atomic E-state index is -1.17. The fourth-order valence-electron chi connectivity index (χ4n) is 1.03. The number of aliphatic hydroxyl groups excluding tert-OH is 2. The SMILES string of the molecule is Oc1ccc(C(O)C(O)CCl)cc1O. The first kappa shape index (κ1) is 11.1. The van der Waals surface area contributed by atoms with E-state index >= 15 is 0 Å². The summed E-state index contributed by atoms with van der Waals surface area (Å²) >= 11 is 5.35. The molecule has 1 rings (SSSR count). The third-order valence-electron chi connectivity index (χ3n) is 1.86. The number of benzene rings is 1. The number of hydrogen-bond donors (Lipinski definition) is 4. The van der Waals surface area contributed by atoms with Crippen molar-refractivity contribution >= 4 is 11.6 Å². The van der Waals surface area contributed by atoms with Crippen molar-refractivity contribution in [3.8, 4) is 11.5 Å². The Kier molecular flexibility index (Phi) is 3.57. The van der Waals surface area contributed by atoms with Crippen molar-refractivity contribution in [1.82, 2.24) is 0 Å². The first-order chi connectivity index (χ1) is 6.56. The highest BCUT2D eigenvalue weighted by Gasteiger charge is 2.18. The second kappa shape index (κ2) is 4.50. The highest BCUT2D eigenvalue weighted by atomic mass is 35.5. The predicted octanol–water partition coefficient (Wildman–Crippen LogP) is 0.731. The van der Waals surface area contributed by atoms with Gasteiger partial charge in [-0.05, 0) is 17.7 Å². The lowest BCUT2D eigenvalue weighted by Gasteiger charge is -2.15. The largest absolute Gasteiger partial charge is 0.504 e. The van der Waals surface area contributed by atoms with Crippen molar-refractivity contribution in [2.75, 3.05) is 5.88 Å². The van der Waals surface area contributed by atoms with Crippen molar-refractivity contribution in [2.45, 2.75) is 12.2 Å². The Bertz CT molecular complexity index is 316. The molecule has 2 atom stereocenters. The fourth-order valence-corrected chi connectivity index (χ4v) is 1.20. The predicted molar refractivity (Wildman–Crippen MR) is 51.5 cm³/mol. The van der Waals surface area contributed by atoms with Crippen LogP contribution in [0.1, 0.15) is 11.7 Å². The molecule has 0 aromatic heterocycles. The third kappa shape index (κ3) is 2.29. The van der Waals surface area contributed by atoms with Crippen LogP contribution in [-0.2, 0) is 0 Å². The molecule has 0 aliphatic heterocycles. The molecule has 0 saturated carbocycles. The Labute approximate surface area is 86.0 Å². The molecule has 0 fully saturated rings. The van der Waals surface area contributed by atoms with Gasteiger partial charge in [0.15, 0.2) is 11.5 Å². The molecule has 0 aliphatic carbocycles. The standard InChI is InChI=1S/C9H11ClO4/c10-4-8(13)9(14)5-1-2-6(11)7(12)3-5/h1-3,8-9,11-14H,4H2. The second-order valence-corrected chi connectivity index (χ2v) is 3.22. The van der Waals surface area contributed by atoms with Gasteiger partial charge in [-0.25, -0.2) is 0 Å². The molecule has 5 heteroatoms. The number of aliphatic hydroxyl groups is 2. The zero-order chi connectivity index (χ0) is 10.7. The number of aromatic hydroxyl groups is 2. The van der Waals surface area contributed by atoms with Gasteiger partial charge < -0.3 is 20.4 Å². The van der Waals surface area contributed by atoms with Crippen molar-refractivity contribution in [3.63, 3.8) is 0 Å². The van der Waals surface area contributed by atoms with Gasteiger partial charge in [0.25, 0.3) is 0 Å². The van der Waals surface area contributed by atoms with Crippen LogP contribution in [0.5, 0.6) is 11.5 Å². The molecule has 4 N–H and O–H groups in total. The quantitative estimate of drug-likeness (QED) is 0.446. The lowest BCUT2D eigenvalue weighted by atomic mass is 10.0.